The van der Waals surface area contributed by atoms with Crippen molar-refractivity contribution in [2.45, 2.75) is 58.1 Å². The zero-order valence-electron chi connectivity index (χ0n) is 12.2. The van der Waals surface area contributed by atoms with Gasteiger partial charge in [0.2, 0.25) is 0 Å². The fraction of sp³-hybridized carbons (Fsp3) is 0.833. The highest BCUT2D eigenvalue weighted by atomic mass is 16.5. The summed E-state index contributed by atoms with van der Waals surface area (Å²) in [4.78, 5) is 11.7. The number of methoxy groups -OCH3 is 1. The molecule has 0 aromatic carbocycles. The molecule has 0 spiro atoms. The Morgan fingerprint density at radius 2 is 1.89 bits per heavy atom. The smallest absolute Gasteiger partial charge is 0.331 e. The van der Waals surface area contributed by atoms with E-state index in [-0.39, 0.29) is 0 Å². The van der Waals surface area contributed by atoms with Gasteiger partial charge in [0.05, 0.1) is 0 Å². The van der Waals surface area contributed by atoms with Crippen LogP contribution in [0.3, 0.4) is 0 Å². The molecular formula is C12H22N4O3. The molecule has 7 heteroatoms. The average Bonchev–Trinajstić information content (AvgIpc) is 2.90. The van der Waals surface area contributed by atoms with Crippen molar-refractivity contribution in [3.8, 4) is 0 Å². The number of rotatable bonds is 7. The van der Waals surface area contributed by atoms with Crippen LogP contribution in [-0.4, -0.2) is 38.4 Å². The molecule has 1 N–H and O–H groups in total. The number of hydrogen-bond acceptors (Lipinski definition) is 5. The Bertz CT molecular complexity index is 436. The van der Waals surface area contributed by atoms with E-state index in [1.54, 1.807) is 7.11 Å². The van der Waals surface area contributed by atoms with E-state index >= 15 is 0 Å². The van der Waals surface area contributed by atoms with Crippen LogP contribution < -0.4 is 0 Å². The van der Waals surface area contributed by atoms with Gasteiger partial charge in [0.15, 0.2) is 11.4 Å². The zero-order valence-corrected chi connectivity index (χ0v) is 12.2. The second kappa shape index (κ2) is 5.64. The molecule has 0 saturated carbocycles. The highest BCUT2D eigenvalue weighted by Crippen LogP contribution is 2.32. The van der Waals surface area contributed by atoms with E-state index in [2.05, 4.69) is 15.5 Å². The van der Waals surface area contributed by atoms with Crippen molar-refractivity contribution in [1.29, 1.82) is 0 Å². The molecule has 0 saturated heterocycles. The van der Waals surface area contributed by atoms with Gasteiger partial charge in [-0.3, -0.25) is 0 Å². The van der Waals surface area contributed by atoms with Gasteiger partial charge in [0.25, 0.3) is 0 Å². The summed E-state index contributed by atoms with van der Waals surface area (Å²) < 4.78 is 6.88. The van der Waals surface area contributed by atoms with Gasteiger partial charge in [-0.2, -0.15) is 0 Å². The zero-order chi connectivity index (χ0) is 14.7. The number of tetrazole rings is 1. The molecule has 0 bridgehead atoms. The van der Waals surface area contributed by atoms with E-state index in [4.69, 9.17) is 4.74 Å². The maximum atomic E-state index is 11.7. The van der Waals surface area contributed by atoms with Crippen molar-refractivity contribution in [1.82, 2.24) is 20.2 Å². The summed E-state index contributed by atoms with van der Waals surface area (Å²) in [5, 5.41) is 21.1. The largest absolute Gasteiger partial charge is 0.479 e. The maximum absolute atomic E-state index is 11.7. The van der Waals surface area contributed by atoms with Gasteiger partial charge in [0, 0.05) is 7.11 Å². The highest BCUT2D eigenvalue weighted by Gasteiger charge is 2.44. The number of ether oxygens (including phenoxy) is 1. The number of aliphatic carboxylic acids is 1. The third-order valence-corrected chi connectivity index (χ3v) is 4.04. The normalized spacial score (nSPS) is 15.2. The van der Waals surface area contributed by atoms with E-state index in [1.165, 1.54) is 4.68 Å². The van der Waals surface area contributed by atoms with Gasteiger partial charge in [0.1, 0.15) is 5.60 Å². The Morgan fingerprint density at radius 1 is 1.32 bits per heavy atom. The Labute approximate surface area is 112 Å². The topological polar surface area (TPSA) is 90.1 Å². The molecule has 0 radical (unpaired) electrons. The van der Waals surface area contributed by atoms with Gasteiger partial charge < -0.3 is 9.84 Å². The summed E-state index contributed by atoms with van der Waals surface area (Å²) in [5.41, 5.74) is -1.83. The standard InChI is InChI=1S/C12H22N4O3/c1-6-11(4,19-5)9-13-14-15-16(9)12(7-2,8-3)10(17)18/h6-8H2,1-5H3,(H,17,18). The fourth-order valence-electron chi connectivity index (χ4n) is 2.14. The number of carboxylic acids is 1. The predicted molar refractivity (Wildman–Crippen MR) is 68.7 cm³/mol. The van der Waals surface area contributed by atoms with Crippen LogP contribution in [-0.2, 0) is 20.7 Å². The van der Waals surface area contributed by atoms with E-state index < -0.39 is 17.1 Å². The molecule has 1 aromatic rings. The lowest BCUT2D eigenvalue weighted by molar-refractivity contribution is -0.149. The summed E-state index contributed by atoms with van der Waals surface area (Å²) >= 11 is 0. The molecular weight excluding hydrogens is 248 g/mol. The van der Waals surface area contributed by atoms with Crippen molar-refractivity contribution in [3.63, 3.8) is 0 Å². The predicted octanol–water partition coefficient (Wildman–Crippen LogP) is 1.54. The Kier molecular flexibility index (Phi) is 4.62. The number of nitrogens with zero attached hydrogens (tertiary/aromatic N) is 4. The third kappa shape index (κ3) is 2.34. The number of aromatic nitrogens is 4. The lowest BCUT2D eigenvalue weighted by Crippen LogP contribution is -2.45. The lowest BCUT2D eigenvalue weighted by atomic mass is 9.91. The molecule has 0 aliphatic heterocycles. The number of carbonyl (C=O) groups is 1. The van der Waals surface area contributed by atoms with Crippen molar-refractivity contribution < 1.29 is 14.6 Å². The quantitative estimate of drug-likeness (QED) is 0.808. The van der Waals surface area contributed by atoms with E-state index in [0.717, 1.165) is 0 Å². The summed E-state index contributed by atoms with van der Waals surface area (Å²) in [7, 11) is 1.57. The van der Waals surface area contributed by atoms with Crippen LogP contribution in [0.2, 0.25) is 0 Å². The highest BCUT2D eigenvalue weighted by molar-refractivity contribution is 5.76. The first-order valence-electron chi connectivity index (χ1n) is 6.49. The average molecular weight is 270 g/mol. The second-order valence-corrected chi connectivity index (χ2v) is 4.75. The van der Waals surface area contributed by atoms with Gasteiger partial charge in [-0.25, -0.2) is 9.48 Å². The summed E-state index contributed by atoms with van der Waals surface area (Å²) in [5.74, 6) is -0.482. The van der Waals surface area contributed by atoms with Crippen molar-refractivity contribution in [2.75, 3.05) is 7.11 Å². The van der Waals surface area contributed by atoms with Crippen LogP contribution in [0.15, 0.2) is 0 Å². The molecule has 1 aromatic heterocycles. The van der Waals surface area contributed by atoms with Crippen LogP contribution in [0.1, 0.15) is 52.8 Å². The second-order valence-electron chi connectivity index (χ2n) is 4.75. The molecule has 1 unspecified atom stereocenters. The first-order valence-corrected chi connectivity index (χ1v) is 6.49. The Morgan fingerprint density at radius 3 is 2.26 bits per heavy atom. The minimum absolute atomic E-state index is 0.403. The van der Waals surface area contributed by atoms with Crippen LogP contribution in [0.5, 0.6) is 0 Å². The molecule has 19 heavy (non-hydrogen) atoms. The third-order valence-electron chi connectivity index (χ3n) is 4.04. The van der Waals surface area contributed by atoms with Crippen molar-refractivity contribution in [3.05, 3.63) is 5.82 Å². The van der Waals surface area contributed by atoms with E-state index in [1.807, 2.05) is 27.7 Å². The van der Waals surface area contributed by atoms with Gasteiger partial charge >= 0.3 is 5.97 Å². The molecule has 0 amide bonds. The number of hydrogen-bond donors (Lipinski definition) is 1. The molecule has 108 valence electrons. The van der Waals surface area contributed by atoms with Crippen LogP contribution >= 0.6 is 0 Å². The molecule has 7 nitrogen and oxygen atoms in total. The maximum Gasteiger partial charge on any atom is 0.331 e. The van der Waals surface area contributed by atoms with Gasteiger partial charge in [-0.1, -0.05) is 20.8 Å². The molecule has 1 heterocycles. The Balaban J connectivity index is 3.44. The Hall–Kier alpha value is -1.50. The summed E-state index contributed by atoms with van der Waals surface area (Å²) in [6.07, 6.45) is 1.45. The SMILES string of the molecule is CCC(C)(OC)c1nnnn1C(CC)(CC)C(=O)O. The van der Waals surface area contributed by atoms with Crippen molar-refractivity contribution in [2.24, 2.45) is 0 Å². The fourth-order valence-corrected chi connectivity index (χ4v) is 2.14. The molecule has 0 aliphatic carbocycles. The van der Waals surface area contributed by atoms with Crippen LogP contribution in [0, 0.1) is 0 Å². The molecule has 1 atom stereocenters. The number of carboxylic acid groups (broad SMARTS) is 1. The van der Waals surface area contributed by atoms with E-state index in [9.17, 15) is 9.90 Å². The van der Waals surface area contributed by atoms with Crippen LogP contribution in [0.4, 0.5) is 0 Å². The first kappa shape index (κ1) is 15.6. The minimum Gasteiger partial charge on any atom is -0.479 e. The summed E-state index contributed by atoms with van der Waals surface area (Å²) in [6.45, 7) is 7.44. The summed E-state index contributed by atoms with van der Waals surface area (Å²) in [6, 6.07) is 0. The van der Waals surface area contributed by atoms with E-state index in [0.29, 0.717) is 25.1 Å². The molecule has 0 fully saturated rings. The first-order chi connectivity index (χ1) is 8.91. The van der Waals surface area contributed by atoms with Gasteiger partial charge in [-0.15, -0.1) is 5.10 Å². The molecule has 1 rings (SSSR count). The van der Waals surface area contributed by atoms with Crippen LogP contribution in [0.25, 0.3) is 0 Å². The minimum atomic E-state index is -1.13. The monoisotopic (exact) mass is 270 g/mol. The lowest BCUT2D eigenvalue weighted by Gasteiger charge is -2.32. The van der Waals surface area contributed by atoms with Gasteiger partial charge in [-0.05, 0) is 36.6 Å². The van der Waals surface area contributed by atoms with Crippen molar-refractivity contribution >= 4 is 5.97 Å². The molecule has 0 aliphatic rings.